The molecular weight excluding hydrogens is 302 g/mol. The molecule has 20 heavy (non-hydrogen) atoms. The van der Waals surface area contributed by atoms with E-state index < -0.39 is 34.6 Å². The molecule has 0 heterocycles. The average Bonchev–Trinajstić information content (AvgIpc) is 2.35. The summed E-state index contributed by atoms with van der Waals surface area (Å²) in [6.45, 7) is -0.412. The van der Waals surface area contributed by atoms with Crippen molar-refractivity contribution in [1.29, 1.82) is 0 Å². The zero-order chi connectivity index (χ0) is 15.6. The van der Waals surface area contributed by atoms with Crippen molar-refractivity contribution in [3.63, 3.8) is 0 Å². The molecule has 112 valence electrons. The molecule has 0 atom stereocenters. The van der Waals surface area contributed by atoms with E-state index in [1.54, 1.807) is 5.32 Å². The molecule has 0 unspecified atom stereocenters. The van der Waals surface area contributed by atoms with E-state index in [1.807, 2.05) is 0 Å². The van der Waals surface area contributed by atoms with Crippen molar-refractivity contribution in [2.24, 2.45) is 0 Å². The van der Waals surface area contributed by atoms with E-state index in [0.29, 0.717) is 5.56 Å². The third-order valence-electron chi connectivity index (χ3n) is 2.38. The number of carbonyl (C=O) groups excluding carboxylic acids is 1. The maximum atomic E-state index is 12.6. The van der Waals surface area contributed by atoms with Gasteiger partial charge < -0.3 is 5.32 Å². The van der Waals surface area contributed by atoms with E-state index >= 15 is 0 Å². The minimum atomic E-state index is -4.76. The Kier molecular flexibility index (Phi) is 4.74. The van der Waals surface area contributed by atoms with Gasteiger partial charge in [0.15, 0.2) is 9.84 Å². The van der Waals surface area contributed by atoms with Crippen molar-refractivity contribution in [1.82, 2.24) is 5.32 Å². The smallest absolute Gasteiger partial charge is 0.347 e. The Morgan fingerprint density at radius 2 is 1.75 bits per heavy atom. The zero-order valence-corrected chi connectivity index (χ0v) is 11.1. The predicted molar refractivity (Wildman–Crippen MR) is 62.3 cm³/mol. The number of nitrogens with one attached hydrogen (secondary N) is 1. The highest BCUT2D eigenvalue weighted by Crippen LogP contribution is 2.22. The van der Waals surface area contributed by atoms with Crippen LogP contribution in [0.1, 0.15) is 5.56 Å². The molecule has 0 aliphatic rings. The molecule has 4 nitrogen and oxygen atoms in total. The number of sulfone groups is 1. The van der Waals surface area contributed by atoms with Gasteiger partial charge >= 0.3 is 12.3 Å². The van der Waals surface area contributed by atoms with Gasteiger partial charge in [0, 0.05) is 12.8 Å². The highest BCUT2D eigenvalue weighted by atomic mass is 32.2. The molecule has 0 saturated carbocycles. The molecule has 0 spiro atoms. The van der Waals surface area contributed by atoms with E-state index in [-0.39, 0.29) is 4.90 Å². The first-order chi connectivity index (χ1) is 9.05. The molecule has 1 aromatic carbocycles. The summed E-state index contributed by atoms with van der Waals surface area (Å²) >= 11 is 0. The van der Waals surface area contributed by atoms with E-state index in [9.17, 15) is 30.8 Å². The normalized spacial score (nSPS) is 12.5. The van der Waals surface area contributed by atoms with Crippen LogP contribution in [0.4, 0.5) is 17.6 Å². The van der Waals surface area contributed by atoms with Gasteiger partial charge in [0.1, 0.15) is 0 Å². The first-order valence-electron chi connectivity index (χ1n) is 5.28. The molecule has 1 amide bonds. The first kappa shape index (κ1) is 16.4. The minimum absolute atomic E-state index is 0.0190. The third-order valence-corrected chi connectivity index (χ3v) is 3.51. The molecule has 0 bridgehead atoms. The lowest BCUT2D eigenvalue weighted by Gasteiger charge is -2.14. The van der Waals surface area contributed by atoms with Crippen molar-refractivity contribution in [3.8, 4) is 0 Å². The number of hydrogen-bond acceptors (Lipinski definition) is 3. The molecule has 1 aromatic rings. The summed E-state index contributed by atoms with van der Waals surface area (Å²) in [6.07, 6.45) is -3.09. The molecule has 1 rings (SSSR count). The maximum absolute atomic E-state index is 12.6. The van der Waals surface area contributed by atoms with Crippen molar-refractivity contribution < 1.29 is 30.8 Å². The van der Waals surface area contributed by atoms with Gasteiger partial charge in [-0.05, 0) is 17.7 Å². The Morgan fingerprint density at radius 1 is 1.25 bits per heavy atom. The monoisotopic (exact) mass is 313 g/mol. The van der Waals surface area contributed by atoms with Crippen LogP contribution in [-0.4, -0.2) is 32.9 Å². The summed E-state index contributed by atoms with van der Waals surface area (Å²) < 4.78 is 71.4. The molecule has 0 aliphatic carbocycles. The maximum Gasteiger partial charge on any atom is 0.383 e. The van der Waals surface area contributed by atoms with Crippen LogP contribution in [0, 0.1) is 0 Å². The molecule has 0 fully saturated rings. The van der Waals surface area contributed by atoms with Crippen LogP contribution >= 0.6 is 0 Å². The van der Waals surface area contributed by atoms with Crippen LogP contribution in [0.3, 0.4) is 0 Å². The van der Waals surface area contributed by atoms with E-state index in [0.717, 1.165) is 6.26 Å². The molecule has 0 radical (unpaired) electrons. The molecule has 0 aromatic heterocycles. The summed E-state index contributed by atoms with van der Waals surface area (Å²) in [5, 5.41) is 1.66. The van der Waals surface area contributed by atoms with Crippen molar-refractivity contribution in [2.75, 3.05) is 6.26 Å². The fourth-order valence-electron chi connectivity index (χ4n) is 1.25. The van der Waals surface area contributed by atoms with Crippen LogP contribution in [0.15, 0.2) is 29.2 Å². The van der Waals surface area contributed by atoms with Crippen LogP contribution in [0.5, 0.6) is 0 Å². The fourth-order valence-corrected chi connectivity index (χ4v) is 1.88. The van der Waals surface area contributed by atoms with E-state index in [2.05, 4.69) is 0 Å². The molecule has 0 saturated heterocycles. The van der Waals surface area contributed by atoms with Crippen LogP contribution < -0.4 is 5.32 Å². The SMILES string of the molecule is CS(=O)(=O)c1ccc(CNC(=O)C(F)(F)C(F)F)cc1. The number of hydrogen-bond donors (Lipinski definition) is 1. The number of benzene rings is 1. The molecular formula is C11H11F4NO3S. The topological polar surface area (TPSA) is 63.2 Å². The van der Waals surface area contributed by atoms with Crippen molar-refractivity contribution in [2.45, 2.75) is 23.8 Å². The van der Waals surface area contributed by atoms with E-state index in [4.69, 9.17) is 0 Å². The number of carbonyl (C=O) groups is 1. The Hall–Kier alpha value is -1.64. The number of amides is 1. The quantitative estimate of drug-likeness (QED) is 0.840. The summed E-state index contributed by atoms with van der Waals surface area (Å²) in [4.78, 5) is 10.9. The van der Waals surface area contributed by atoms with Gasteiger partial charge in [-0.2, -0.15) is 8.78 Å². The Labute approximate surface area is 112 Å². The van der Waals surface area contributed by atoms with Gasteiger partial charge in [-0.3, -0.25) is 4.79 Å². The highest BCUT2D eigenvalue weighted by molar-refractivity contribution is 7.90. The molecule has 0 aliphatic heterocycles. The largest absolute Gasteiger partial charge is 0.383 e. The summed E-state index contributed by atoms with van der Waals surface area (Å²) in [7, 11) is -3.39. The van der Waals surface area contributed by atoms with Crippen molar-refractivity contribution in [3.05, 3.63) is 29.8 Å². The Balaban J connectivity index is 2.70. The predicted octanol–water partition coefficient (Wildman–Crippen LogP) is 1.61. The Bertz CT molecular complexity index is 584. The number of rotatable bonds is 5. The lowest BCUT2D eigenvalue weighted by molar-refractivity contribution is -0.169. The van der Waals surface area contributed by atoms with Crippen molar-refractivity contribution >= 4 is 15.7 Å². The summed E-state index contributed by atoms with van der Waals surface area (Å²) in [5.74, 6) is -6.84. The molecule has 1 N–H and O–H groups in total. The highest BCUT2D eigenvalue weighted by Gasteiger charge is 2.48. The zero-order valence-electron chi connectivity index (χ0n) is 10.2. The average molecular weight is 313 g/mol. The second kappa shape index (κ2) is 5.78. The van der Waals surface area contributed by atoms with Gasteiger partial charge in [-0.15, -0.1) is 0 Å². The van der Waals surface area contributed by atoms with Crippen LogP contribution in [0.25, 0.3) is 0 Å². The summed E-state index contributed by atoms with van der Waals surface area (Å²) in [6, 6.07) is 5.03. The second-order valence-corrected chi connectivity index (χ2v) is 6.04. The van der Waals surface area contributed by atoms with Gasteiger partial charge in [0.25, 0.3) is 5.91 Å². The Morgan fingerprint density at radius 3 is 2.15 bits per heavy atom. The minimum Gasteiger partial charge on any atom is -0.347 e. The van der Waals surface area contributed by atoms with Gasteiger partial charge in [-0.1, -0.05) is 12.1 Å². The van der Waals surface area contributed by atoms with Gasteiger partial charge in [0.2, 0.25) is 0 Å². The van der Waals surface area contributed by atoms with Crippen LogP contribution in [-0.2, 0) is 21.2 Å². The molecule has 9 heteroatoms. The van der Waals surface area contributed by atoms with Crippen LogP contribution in [0.2, 0.25) is 0 Å². The standard InChI is InChI=1S/C11H11F4NO3S/c1-20(18,19)8-4-2-7(3-5-8)6-16-10(17)11(14,15)9(12)13/h2-5,9H,6H2,1H3,(H,16,17). The summed E-state index contributed by atoms with van der Waals surface area (Å²) in [5.41, 5.74) is 0.302. The van der Waals surface area contributed by atoms with Gasteiger partial charge in [-0.25, -0.2) is 17.2 Å². The lowest BCUT2D eigenvalue weighted by Crippen LogP contribution is -2.44. The van der Waals surface area contributed by atoms with E-state index in [1.165, 1.54) is 24.3 Å². The third kappa shape index (κ3) is 3.92. The lowest BCUT2D eigenvalue weighted by atomic mass is 10.2. The number of halogens is 4. The second-order valence-electron chi connectivity index (χ2n) is 4.02. The number of alkyl halides is 4. The fraction of sp³-hybridized carbons (Fsp3) is 0.364. The van der Waals surface area contributed by atoms with Gasteiger partial charge in [0.05, 0.1) is 4.90 Å². The first-order valence-corrected chi connectivity index (χ1v) is 7.17.